The fraction of sp³-hybridized carbons (Fsp3) is 0.321. The maximum atomic E-state index is 13.7. The van der Waals surface area contributed by atoms with Crippen molar-refractivity contribution in [3.05, 3.63) is 88.4 Å². The molecule has 1 aliphatic rings. The molecular weight excluding hydrogens is 496 g/mol. The Labute approximate surface area is 218 Å². The van der Waals surface area contributed by atoms with Gasteiger partial charge in [-0.2, -0.15) is 0 Å². The second kappa shape index (κ2) is 11.4. The van der Waals surface area contributed by atoms with Gasteiger partial charge in [-0.1, -0.05) is 41.9 Å². The first-order chi connectivity index (χ1) is 17.3. The third-order valence-corrected chi connectivity index (χ3v) is 8.40. The number of aryl methyl sites for hydroxylation is 2. The van der Waals surface area contributed by atoms with Crippen molar-refractivity contribution in [1.82, 2.24) is 5.32 Å². The number of sulfonamides is 1. The number of nitrogens with zero attached hydrogens (tertiary/aromatic N) is 1. The maximum absolute atomic E-state index is 13.7. The number of nitrogens with one attached hydrogen (secondary N) is 1. The van der Waals surface area contributed by atoms with E-state index in [1.54, 1.807) is 24.3 Å². The highest BCUT2D eigenvalue weighted by atomic mass is 35.5. The van der Waals surface area contributed by atoms with Crippen LogP contribution in [0.3, 0.4) is 0 Å². The third kappa shape index (κ3) is 5.85. The van der Waals surface area contributed by atoms with E-state index in [0.29, 0.717) is 23.1 Å². The second-order valence-electron chi connectivity index (χ2n) is 8.89. The second-order valence-corrected chi connectivity index (χ2v) is 11.2. The summed E-state index contributed by atoms with van der Waals surface area (Å²) >= 11 is 5.98. The van der Waals surface area contributed by atoms with Gasteiger partial charge >= 0.3 is 0 Å². The summed E-state index contributed by atoms with van der Waals surface area (Å²) in [5, 5.41) is 3.40. The molecule has 0 fully saturated rings. The van der Waals surface area contributed by atoms with Crippen LogP contribution in [0.1, 0.15) is 49.4 Å². The van der Waals surface area contributed by atoms with Gasteiger partial charge in [0.05, 0.1) is 23.2 Å². The SMILES string of the molecule is CCOc1ccccc1N(CC(=O)NC(C)c1ccc2c(c1)CCCC2)S(=O)(=O)c1ccc(Cl)cc1. The molecule has 36 heavy (non-hydrogen) atoms. The minimum absolute atomic E-state index is 0.0359. The number of carbonyl (C=O) groups is 1. The molecule has 0 spiro atoms. The number of carbonyl (C=O) groups excluding carboxylic acids is 1. The van der Waals surface area contributed by atoms with Gasteiger partial charge in [-0.3, -0.25) is 9.10 Å². The molecule has 0 bridgehead atoms. The zero-order chi connectivity index (χ0) is 25.7. The van der Waals surface area contributed by atoms with E-state index >= 15 is 0 Å². The van der Waals surface area contributed by atoms with E-state index in [0.717, 1.165) is 22.7 Å². The summed E-state index contributed by atoms with van der Waals surface area (Å²) in [4.78, 5) is 13.3. The molecule has 1 N–H and O–H groups in total. The molecule has 0 saturated carbocycles. The van der Waals surface area contributed by atoms with E-state index in [-0.39, 0.29) is 10.9 Å². The number of hydrogen-bond acceptors (Lipinski definition) is 4. The normalized spacial score (nSPS) is 14.0. The van der Waals surface area contributed by atoms with Gasteiger partial charge in [0.1, 0.15) is 12.3 Å². The molecule has 0 heterocycles. The van der Waals surface area contributed by atoms with Crippen LogP contribution < -0.4 is 14.4 Å². The molecule has 3 aromatic carbocycles. The van der Waals surface area contributed by atoms with E-state index < -0.39 is 22.5 Å². The Hall–Kier alpha value is -3.03. The summed E-state index contributed by atoms with van der Waals surface area (Å²) in [5.74, 6) is -0.0304. The molecule has 8 heteroatoms. The molecule has 1 atom stereocenters. The Kier molecular flexibility index (Phi) is 8.21. The monoisotopic (exact) mass is 526 g/mol. The van der Waals surface area contributed by atoms with Gasteiger partial charge in [0, 0.05) is 5.02 Å². The van der Waals surface area contributed by atoms with Crippen molar-refractivity contribution >= 4 is 33.2 Å². The lowest BCUT2D eigenvalue weighted by molar-refractivity contribution is -0.120. The number of fused-ring (bicyclic) bond motifs is 1. The largest absolute Gasteiger partial charge is 0.492 e. The highest BCUT2D eigenvalue weighted by Crippen LogP contribution is 2.33. The number of hydrogen-bond donors (Lipinski definition) is 1. The van der Waals surface area contributed by atoms with Gasteiger partial charge in [0.2, 0.25) is 5.91 Å². The number of rotatable bonds is 9. The topological polar surface area (TPSA) is 75.7 Å². The lowest BCUT2D eigenvalue weighted by Crippen LogP contribution is -2.41. The van der Waals surface area contributed by atoms with Crippen LogP contribution in [-0.2, 0) is 27.7 Å². The Morgan fingerprint density at radius 2 is 1.72 bits per heavy atom. The van der Waals surface area contributed by atoms with Gasteiger partial charge in [-0.25, -0.2) is 8.42 Å². The molecule has 3 aromatic rings. The highest BCUT2D eigenvalue weighted by Gasteiger charge is 2.30. The molecule has 1 unspecified atom stereocenters. The fourth-order valence-electron chi connectivity index (χ4n) is 4.50. The van der Waals surface area contributed by atoms with Crippen molar-refractivity contribution in [3.63, 3.8) is 0 Å². The first-order valence-electron chi connectivity index (χ1n) is 12.2. The average Bonchev–Trinajstić information content (AvgIpc) is 2.88. The summed E-state index contributed by atoms with van der Waals surface area (Å²) in [6, 6.07) is 18.8. The smallest absolute Gasteiger partial charge is 0.264 e. The van der Waals surface area contributed by atoms with Crippen LogP contribution in [0.5, 0.6) is 5.75 Å². The van der Waals surface area contributed by atoms with E-state index in [9.17, 15) is 13.2 Å². The summed E-state index contributed by atoms with van der Waals surface area (Å²) in [5.41, 5.74) is 4.01. The van der Waals surface area contributed by atoms with Crippen LogP contribution in [-0.4, -0.2) is 27.5 Å². The van der Waals surface area contributed by atoms with Crippen LogP contribution in [0.15, 0.2) is 71.6 Å². The van der Waals surface area contributed by atoms with Crippen LogP contribution in [0.4, 0.5) is 5.69 Å². The van der Waals surface area contributed by atoms with Crippen LogP contribution in [0.25, 0.3) is 0 Å². The molecular formula is C28H31ClN2O4S. The fourth-order valence-corrected chi connectivity index (χ4v) is 6.06. The number of ether oxygens (including phenoxy) is 1. The zero-order valence-corrected chi connectivity index (χ0v) is 22.1. The molecule has 4 rings (SSSR count). The molecule has 0 aromatic heterocycles. The predicted molar refractivity (Wildman–Crippen MR) is 143 cm³/mol. The van der Waals surface area contributed by atoms with Crippen LogP contribution >= 0.6 is 11.6 Å². The quantitative estimate of drug-likeness (QED) is 0.388. The molecule has 0 aliphatic heterocycles. The minimum atomic E-state index is -4.09. The molecule has 6 nitrogen and oxygen atoms in total. The van der Waals surface area contributed by atoms with Crippen molar-refractivity contribution < 1.29 is 17.9 Å². The first-order valence-corrected chi connectivity index (χ1v) is 14.0. The zero-order valence-electron chi connectivity index (χ0n) is 20.5. The number of benzene rings is 3. The van der Waals surface area contributed by atoms with E-state index in [4.69, 9.17) is 16.3 Å². The van der Waals surface area contributed by atoms with E-state index in [1.807, 2.05) is 19.9 Å². The van der Waals surface area contributed by atoms with Crippen LogP contribution in [0, 0.1) is 0 Å². The Morgan fingerprint density at radius 3 is 2.44 bits per heavy atom. The van der Waals surface area contributed by atoms with Gasteiger partial charge in [0.25, 0.3) is 10.0 Å². The lowest BCUT2D eigenvalue weighted by Gasteiger charge is -2.27. The summed E-state index contributed by atoms with van der Waals surface area (Å²) < 4.78 is 34.2. The number of amides is 1. The Balaban J connectivity index is 1.61. The molecule has 190 valence electrons. The standard InChI is InChI=1S/C28H31ClN2O4S/c1-3-35-27-11-7-6-10-26(27)31(36(33,34)25-16-14-24(29)15-17-25)19-28(32)30-20(2)22-13-12-21-8-4-5-9-23(21)18-22/h6-7,10-18,20H,3-5,8-9,19H2,1-2H3,(H,30,32). The summed E-state index contributed by atoms with van der Waals surface area (Å²) in [6.07, 6.45) is 4.52. The Morgan fingerprint density at radius 1 is 1.03 bits per heavy atom. The van der Waals surface area contributed by atoms with Gasteiger partial charge in [-0.15, -0.1) is 0 Å². The lowest BCUT2D eigenvalue weighted by atomic mass is 9.89. The molecule has 0 saturated heterocycles. The van der Waals surface area contributed by atoms with Gasteiger partial charge in [-0.05, 0) is 92.6 Å². The highest BCUT2D eigenvalue weighted by molar-refractivity contribution is 7.92. The van der Waals surface area contributed by atoms with Gasteiger partial charge < -0.3 is 10.1 Å². The minimum Gasteiger partial charge on any atom is -0.492 e. The number of para-hydroxylation sites is 2. The third-order valence-electron chi connectivity index (χ3n) is 6.37. The van der Waals surface area contributed by atoms with Crippen molar-refractivity contribution in [2.45, 2.75) is 50.5 Å². The van der Waals surface area contributed by atoms with Crippen molar-refractivity contribution in [3.8, 4) is 5.75 Å². The molecule has 0 radical (unpaired) electrons. The molecule has 1 amide bonds. The summed E-state index contributed by atoms with van der Waals surface area (Å²) in [7, 11) is -4.09. The number of anilines is 1. The molecule has 1 aliphatic carbocycles. The summed E-state index contributed by atoms with van der Waals surface area (Å²) in [6.45, 7) is 3.69. The van der Waals surface area contributed by atoms with Crippen molar-refractivity contribution in [1.29, 1.82) is 0 Å². The van der Waals surface area contributed by atoms with Crippen LogP contribution in [0.2, 0.25) is 5.02 Å². The van der Waals surface area contributed by atoms with Gasteiger partial charge in [0.15, 0.2) is 0 Å². The number of halogens is 1. The first kappa shape index (κ1) is 26.0. The van der Waals surface area contributed by atoms with E-state index in [2.05, 4.69) is 17.4 Å². The maximum Gasteiger partial charge on any atom is 0.264 e. The average molecular weight is 527 g/mol. The predicted octanol–water partition coefficient (Wildman–Crippen LogP) is 5.69. The Bertz CT molecular complexity index is 1330. The van der Waals surface area contributed by atoms with E-state index in [1.165, 1.54) is 48.2 Å². The van der Waals surface area contributed by atoms with Crippen molar-refractivity contribution in [2.75, 3.05) is 17.5 Å². The van der Waals surface area contributed by atoms with Crippen molar-refractivity contribution in [2.24, 2.45) is 0 Å².